The predicted molar refractivity (Wildman–Crippen MR) is 95.6 cm³/mol. The van der Waals surface area contributed by atoms with Gasteiger partial charge in [0.2, 0.25) is 0 Å². The van der Waals surface area contributed by atoms with E-state index in [0.29, 0.717) is 12.1 Å². The summed E-state index contributed by atoms with van der Waals surface area (Å²) in [6.07, 6.45) is -0.824. The Morgan fingerprint density at radius 3 is 2.22 bits per heavy atom. The molecule has 0 unspecified atom stereocenters. The van der Waals surface area contributed by atoms with Gasteiger partial charge in [0.25, 0.3) is 5.91 Å². The SMILES string of the molecule is CC(C)(C)OC(=O)Nc1ccc(F)cc1NC(=O)c1cc(F)c(F)cc1Cl. The van der Waals surface area contributed by atoms with Crippen molar-refractivity contribution >= 4 is 35.0 Å². The van der Waals surface area contributed by atoms with Crippen molar-refractivity contribution in [2.45, 2.75) is 26.4 Å². The van der Waals surface area contributed by atoms with Crippen molar-refractivity contribution < 1.29 is 27.5 Å². The molecular formula is C18H16ClF3N2O3. The van der Waals surface area contributed by atoms with E-state index in [0.717, 1.165) is 12.1 Å². The first kappa shape index (κ1) is 20.6. The molecule has 0 spiro atoms. The molecule has 144 valence electrons. The van der Waals surface area contributed by atoms with Crippen LogP contribution < -0.4 is 10.6 Å². The molecule has 0 saturated carbocycles. The molecule has 0 radical (unpaired) electrons. The van der Waals surface area contributed by atoms with Gasteiger partial charge in [-0.2, -0.15) is 0 Å². The second-order valence-electron chi connectivity index (χ2n) is 6.52. The molecular weight excluding hydrogens is 385 g/mol. The number of nitrogens with one attached hydrogen (secondary N) is 2. The molecule has 0 aliphatic carbocycles. The molecule has 0 aliphatic heterocycles. The van der Waals surface area contributed by atoms with Crippen LogP contribution in [-0.4, -0.2) is 17.6 Å². The minimum absolute atomic E-state index is 0.0395. The fourth-order valence-electron chi connectivity index (χ4n) is 2.03. The highest BCUT2D eigenvalue weighted by atomic mass is 35.5. The first-order valence-electron chi connectivity index (χ1n) is 7.72. The van der Waals surface area contributed by atoms with E-state index in [1.54, 1.807) is 20.8 Å². The van der Waals surface area contributed by atoms with Gasteiger partial charge in [0.1, 0.15) is 11.4 Å². The maximum Gasteiger partial charge on any atom is 0.412 e. The average Bonchev–Trinajstić information content (AvgIpc) is 2.51. The van der Waals surface area contributed by atoms with Crippen LogP contribution in [0.1, 0.15) is 31.1 Å². The van der Waals surface area contributed by atoms with Gasteiger partial charge in [-0.15, -0.1) is 0 Å². The Balaban J connectivity index is 2.28. The Morgan fingerprint density at radius 1 is 0.963 bits per heavy atom. The second-order valence-corrected chi connectivity index (χ2v) is 6.92. The second kappa shape index (κ2) is 7.87. The van der Waals surface area contributed by atoms with E-state index in [1.807, 2.05) is 0 Å². The van der Waals surface area contributed by atoms with E-state index >= 15 is 0 Å². The zero-order valence-corrected chi connectivity index (χ0v) is 15.4. The number of carbonyl (C=O) groups excluding carboxylic acids is 2. The molecule has 2 N–H and O–H groups in total. The minimum Gasteiger partial charge on any atom is -0.444 e. The Labute approximate surface area is 158 Å². The number of rotatable bonds is 3. The van der Waals surface area contributed by atoms with Crippen molar-refractivity contribution in [3.8, 4) is 0 Å². The van der Waals surface area contributed by atoms with Crippen molar-refractivity contribution in [3.63, 3.8) is 0 Å². The Morgan fingerprint density at radius 2 is 1.59 bits per heavy atom. The summed E-state index contributed by atoms with van der Waals surface area (Å²) in [6.45, 7) is 4.97. The van der Waals surface area contributed by atoms with E-state index in [1.165, 1.54) is 6.07 Å². The molecule has 0 saturated heterocycles. The van der Waals surface area contributed by atoms with Crippen molar-refractivity contribution in [1.29, 1.82) is 0 Å². The number of anilines is 2. The number of hydrogen-bond donors (Lipinski definition) is 2. The lowest BCUT2D eigenvalue weighted by molar-refractivity contribution is 0.0635. The number of benzene rings is 2. The minimum atomic E-state index is -1.27. The van der Waals surface area contributed by atoms with Crippen molar-refractivity contribution in [2.24, 2.45) is 0 Å². The average molecular weight is 401 g/mol. The number of ether oxygens (including phenoxy) is 1. The summed E-state index contributed by atoms with van der Waals surface area (Å²) in [5.74, 6) is -4.10. The number of amides is 2. The Kier molecular flexibility index (Phi) is 6.00. The van der Waals surface area contributed by atoms with E-state index in [2.05, 4.69) is 10.6 Å². The van der Waals surface area contributed by atoms with Gasteiger partial charge in [-0.25, -0.2) is 18.0 Å². The zero-order valence-electron chi connectivity index (χ0n) is 14.6. The highest BCUT2D eigenvalue weighted by Gasteiger charge is 2.20. The largest absolute Gasteiger partial charge is 0.444 e. The number of hydrogen-bond acceptors (Lipinski definition) is 3. The summed E-state index contributed by atoms with van der Waals surface area (Å²) in [4.78, 5) is 24.2. The summed E-state index contributed by atoms with van der Waals surface area (Å²) in [6, 6.07) is 4.48. The maximum absolute atomic E-state index is 13.6. The highest BCUT2D eigenvalue weighted by molar-refractivity contribution is 6.34. The van der Waals surface area contributed by atoms with Crippen LogP contribution in [0.25, 0.3) is 0 Å². The van der Waals surface area contributed by atoms with Gasteiger partial charge in [-0.1, -0.05) is 11.6 Å². The van der Waals surface area contributed by atoms with Gasteiger partial charge in [0.05, 0.1) is 22.0 Å². The lowest BCUT2D eigenvalue weighted by atomic mass is 10.2. The number of halogens is 4. The summed E-state index contributed by atoms with van der Waals surface area (Å²) in [5.41, 5.74) is -1.21. The number of carbonyl (C=O) groups is 2. The van der Waals surface area contributed by atoms with Crippen molar-refractivity contribution in [2.75, 3.05) is 10.6 Å². The Bertz CT molecular complexity index is 898. The lowest BCUT2D eigenvalue weighted by Gasteiger charge is -2.20. The molecule has 0 heterocycles. The summed E-state index contributed by atoms with van der Waals surface area (Å²) in [7, 11) is 0. The zero-order chi connectivity index (χ0) is 20.4. The topological polar surface area (TPSA) is 67.4 Å². The fraction of sp³-hybridized carbons (Fsp3) is 0.222. The monoisotopic (exact) mass is 400 g/mol. The molecule has 0 aromatic heterocycles. The van der Waals surface area contributed by atoms with Gasteiger partial charge >= 0.3 is 6.09 Å². The molecule has 0 bridgehead atoms. The summed E-state index contributed by atoms with van der Waals surface area (Å²) >= 11 is 5.76. The van der Waals surface area contributed by atoms with Crippen LogP contribution in [0.15, 0.2) is 30.3 Å². The molecule has 0 atom stereocenters. The highest BCUT2D eigenvalue weighted by Crippen LogP contribution is 2.26. The lowest BCUT2D eigenvalue weighted by Crippen LogP contribution is -2.27. The van der Waals surface area contributed by atoms with Crippen LogP contribution in [0.2, 0.25) is 5.02 Å². The fourth-order valence-corrected chi connectivity index (χ4v) is 2.26. The van der Waals surface area contributed by atoms with Gasteiger partial charge in [-0.3, -0.25) is 10.1 Å². The maximum atomic E-state index is 13.6. The van der Waals surface area contributed by atoms with E-state index in [4.69, 9.17) is 16.3 Å². The van der Waals surface area contributed by atoms with Crippen LogP contribution in [0, 0.1) is 17.5 Å². The van der Waals surface area contributed by atoms with Crippen molar-refractivity contribution in [1.82, 2.24) is 0 Å². The normalized spacial score (nSPS) is 11.1. The van der Waals surface area contributed by atoms with Gasteiger partial charge in [0, 0.05) is 0 Å². The quantitative estimate of drug-likeness (QED) is 0.682. The Hall–Kier alpha value is -2.74. The van der Waals surface area contributed by atoms with Gasteiger partial charge < -0.3 is 10.1 Å². The van der Waals surface area contributed by atoms with Crippen LogP contribution >= 0.6 is 11.6 Å². The smallest absolute Gasteiger partial charge is 0.412 e. The van der Waals surface area contributed by atoms with E-state index in [9.17, 15) is 22.8 Å². The summed E-state index contributed by atoms with van der Waals surface area (Å²) in [5, 5.41) is 4.35. The third-order valence-corrected chi connectivity index (χ3v) is 3.43. The van der Waals surface area contributed by atoms with Crippen LogP contribution in [0.3, 0.4) is 0 Å². The van der Waals surface area contributed by atoms with E-state index < -0.39 is 35.1 Å². The molecule has 2 aromatic carbocycles. The molecule has 2 amide bonds. The third-order valence-electron chi connectivity index (χ3n) is 3.12. The predicted octanol–water partition coefficient (Wildman–Crippen LogP) is 5.36. The third kappa shape index (κ3) is 5.62. The standard InChI is InChI=1S/C18H16ClF3N2O3/c1-18(2,3)27-17(26)24-14-5-4-9(20)6-15(14)23-16(25)10-7-12(21)13(22)8-11(10)19/h4-8H,1-3H3,(H,23,25)(H,24,26). The molecule has 0 fully saturated rings. The van der Waals surface area contributed by atoms with Crippen molar-refractivity contribution in [3.05, 3.63) is 58.4 Å². The molecule has 9 heteroatoms. The molecule has 27 heavy (non-hydrogen) atoms. The first-order valence-corrected chi connectivity index (χ1v) is 8.09. The van der Waals surface area contributed by atoms with Crippen LogP contribution in [0.4, 0.5) is 29.3 Å². The van der Waals surface area contributed by atoms with Gasteiger partial charge in [0.15, 0.2) is 11.6 Å². The first-order chi connectivity index (χ1) is 12.5. The molecule has 2 aromatic rings. The molecule has 0 aliphatic rings. The summed E-state index contributed by atoms with van der Waals surface area (Å²) < 4.78 is 45.2. The van der Waals surface area contributed by atoms with E-state index in [-0.39, 0.29) is 22.0 Å². The van der Waals surface area contributed by atoms with Crippen LogP contribution in [0.5, 0.6) is 0 Å². The molecule has 5 nitrogen and oxygen atoms in total. The van der Waals surface area contributed by atoms with Crippen LogP contribution in [-0.2, 0) is 4.74 Å². The van der Waals surface area contributed by atoms with Gasteiger partial charge in [-0.05, 0) is 51.1 Å². The molecule has 2 rings (SSSR count).